The summed E-state index contributed by atoms with van der Waals surface area (Å²) in [5, 5.41) is 1.29. The lowest BCUT2D eigenvalue weighted by Gasteiger charge is -2.07. The van der Waals surface area contributed by atoms with Gasteiger partial charge < -0.3 is 0 Å². The number of carbonyl (C=O) groups excluding carboxylic acids is 1. The highest BCUT2D eigenvalue weighted by Gasteiger charge is 2.10. The van der Waals surface area contributed by atoms with E-state index in [1.54, 1.807) is 12.1 Å². The molecule has 0 bridgehead atoms. The number of Topliss-reactive ketones (excluding diaryl/α,β-unsaturated/α-hetero) is 1. The fraction of sp³-hybridized carbons (Fsp3) is 0.0625. The Morgan fingerprint density at radius 1 is 1.14 bits per heavy atom. The van der Waals surface area contributed by atoms with Gasteiger partial charge in [0, 0.05) is 5.56 Å². The number of rotatable bonds is 5. The van der Waals surface area contributed by atoms with Gasteiger partial charge in [-0.3, -0.25) is 9.52 Å². The number of carbonyl (C=O) groups is 1. The van der Waals surface area contributed by atoms with E-state index in [1.807, 2.05) is 18.2 Å². The van der Waals surface area contributed by atoms with Crippen LogP contribution in [-0.4, -0.2) is 14.2 Å². The molecule has 4 nitrogen and oxygen atoms in total. The van der Waals surface area contributed by atoms with Crippen molar-refractivity contribution in [3.05, 3.63) is 70.1 Å². The lowest BCUT2D eigenvalue weighted by molar-refractivity contribution is 0.101. The highest BCUT2D eigenvalue weighted by Crippen LogP contribution is 2.22. The summed E-state index contributed by atoms with van der Waals surface area (Å²) < 4.78 is 26.4. The van der Waals surface area contributed by atoms with Crippen molar-refractivity contribution in [1.82, 2.24) is 0 Å². The van der Waals surface area contributed by atoms with Gasteiger partial charge >= 0.3 is 0 Å². The van der Waals surface area contributed by atoms with Gasteiger partial charge in [-0.2, -0.15) is 0 Å². The van der Waals surface area contributed by atoms with E-state index in [4.69, 9.17) is 11.6 Å². The molecule has 0 aliphatic carbocycles. The second-order valence-corrected chi connectivity index (χ2v) is 6.58. The molecule has 22 heavy (non-hydrogen) atoms. The molecule has 0 aliphatic rings. The molecule has 0 aliphatic heterocycles. The van der Waals surface area contributed by atoms with Gasteiger partial charge in [-0.15, -0.1) is 0 Å². The minimum atomic E-state index is -3.66. The van der Waals surface area contributed by atoms with Crippen molar-refractivity contribution in [3.8, 4) is 0 Å². The van der Waals surface area contributed by atoms with Crippen molar-refractivity contribution < 1.29 is 13.2 Å². The summed E-state index contributed by atoms with van der Waals surface area (Å²) in [6.07, 6.45) is 1.49. The summed E-state index contributed by atoms with van der Waals surface area (Å²) in [5.41, 5.74) is 1.43. The van der Waals surface area contributed by atoms with Crippen molar-refractivity contribution in [3.63, 3.8) is 0 Å². The number of sulfonamides is 1. The van der Waals surface area contributed by atoms with Gasteiger partial charge in [-0.05, 0) is 36.8 Å². The fourth-order valence-electron chi connectivity index (χ4n) is 1.79. The quantitative estimate of drug-likeness (QED) is 0.841. The third-order valence-corrected chi connectivity index (χ3v) is 4.18. The summed E-state index contributed by atoms with van der Waals surface area (Å²) >= 11 is 5.95. The van der Waals surface area contributed by atoms with E-state index in [0.29, 0.717) is 11.3 Å². The van der Waals surface area contributed by atoms with Gasteiger partial charge in [0.15, 0.2) is 5.78 Å². The molecule has 0 amide bonds. The van der Waals surface area contributed by atoms with Gasteiger partial charge in [0.25, 0.3) is 10.0 Å². The maximum Gasteiger partial charge on any atom is 0.255 e. The molecule has 0 fully saturated rings. The van der Waals surface area contributed by atoms with Crippen LogP contribution in [0, 0.1) is 0 Å². The van der Waals surface area contributed by atoms with Crippen molar-refractivity contribution in [2.24, 2.45) is 0 Å². The molecule has 0 atom stereocenters. The van der Waals surface area contributed by atoms with Crippen LogP contribution < -0.4 is 4.72 Å². The molecule has 0 saturated heterocycles. The van der Waals surface area contributed by atoms with Crippen molar-refractivity contribution >= 4 is 39.2 Å². The van der Waals surface area contributed by atoms with E-state index in [2.05, 4.69) is 4.72 Å². The highest BCUT2D eigenvalue weighted by molar-refractivity contribution is 7.95. The summed E-state index contributed by atoms with van der Waals surface area (Å²) in [6.45, 7) is 1.40. The molecule has 2 rings (SSSR count). The second kappa shape index (κ2) is 6.77. The summed E-state index contributed by atoms with van der Waals surface area (Å²) in [6, 6.07) is 13.5. The largest absolute Gasteiger partial charge is 0.294 e. The molecule has 114 valence electrons. The van der Waals surface area contributed by atoms with Gasteiger partial charge in [-0.1, -0.05) is 41.9 Å². The fourth-order valence-corrected chi connectivity index (χ4v) is 2.97. The average molecular weight is 336 g/mol. The Balaban J connectivity index is 2.17. The van der Waals surface area contributed by atoms with Gasteiger partial charge in [0.1, 0.15) is 0 Å². The zero-order valence-electron chi connectivity index (χ0n) is 11.8. The van der Waals surface area contributed by atoms with Gasteiger partial charge in [0.05, 0.1) is 16.1 Å². The standard InChI is InChI=1S/C16H14ClNO3S/c1-12(19)15-8-7-14(11-16(15)17)18-22(20,21)10-9-13-5-3-2-4-6-13/h2-11,18H,1H3/b10-9+. The number of benzene rings is 2. The number of hydrogen-bond donors (Lipinski definition) is 1. The van der Waals surface area contributed by atoms with E-state index in [-0.39, 0.29) is 10.8 Å². The lowest BCUT2D eigenvalue weighted by Crippen LogP contribution is -2.09. The van der Waals surface area contributed by atoms with Crippen molar-refractivity contribution in [2.45, 2.75) is 6.92 Å². The monoisotopic (exact) mass is 335 g/mol. The minimum absolute atomic E-state index is 0.177. The van der Waals surface area contributed by atoms with Crippen LogP contribution in [-0.2, 0) is 10.0 Å². The third-order valence-electron chi connectivity index (χ3n) is 2.85. The molecule has 6 heteroatoms. The molecule has 2 aromatic carbocycles. The zero-order chi connectivity index (χ0) is 16.2. The topological polar surface area (TPSA) is 63.2 Å². The van der Waals surface area contributed by atoms with E-state index >= 15 is 0 Å². The van der Waals surface area contributed by atoms with Crippen LogP contribution in [0.2, 0.25) is 5.02 Å². The second-order valence-electron chi connectivity index (χ2n) is 4.61. The number of hydrogen-bond acceptors (Lipinski definition) is 3. The predicted molar refractivity (Wildman–Crippen MR) is 89.5 cm³/mol. The first-order valence-electron chi connectivity index (χ1n) is 6.44. The molecule has 0 radical (unpaired) electrons. The number of ketones is 1. The lowest BCUT2D eigenvalue weighted by atomic mass is 10.1. The van der Waals surface area contributed by atoms with Crippen LogP contribution in [0.4, 0.5) is 5.69 Å². The molecular formula is C16H14ClNO3S. The smallest absolute Gasteiger partial charge is 0.255 e. The maximum atomic E-state index is 12.0. The Labute approximate surface area is 134 Å². The summed E-state index contributed by atoms with van der Waals surface area (Å²) in [7, 11) is -3.66. The Bertz CT molecular complexity index is 815. The van der Waals surface area contributed by atoms with Gasteiger partial charge in [0.2, 0.25) is 0 Å². The Morgan fingerprint density at radius 2 is 1.82 bits per heavy atom. The van der Waals surface area contributed by atoms with Crippen LogP contribution in [0.25, 0.3) is 6.08 Å². The SMILES string of the molecule is CC(=O)c1ccc(NS(=O)(=O)/C=C/c2ccccc2)cc1Cl. The van der Waals surface area contributed by atoms with E-state index < -0.39 is 10.0 Å². The van der Waals surface area contributed by atoms with Crippen molar-refractivity contribution in [1.29, 1.82) is 0 Å². The average Bonchev–Trinajstić information content (AvgIpc) is 2.45. The maximum absolute atomic E-state index is 12.0. The number of anilines is 1. The first-order chi connectivity index (χ1) is 10.4. The first kappa shape index (κ1) is 16.3. The van der Waals surface area contributed by atoms with E-state index in [0.717, 1.165) is 11.0 Å². The summed E-state index contributed by atoms with van der Waals surface area (Å²) in [4.78, 5) is 11.3. The highest BCUT2D eigenvalue weighted by atomic mass is 35.5. The first-order valence-corrected chi connectivity index (χ1v) is 8.36. The molecule has 0 unspecified atom stereocenters. The predicted octanol–water partition coefficient (Wildman–Crippen LogP) is 3.96. The molecular weight excluding hydrogens is 322 g/mol. The molecule has 0 saturated carbocycles. The molecule has 2 aromatic rings. The van der Waals surface area contributed by atoms with Gasteiger partial charge in [-0.25, -0.2) is 8.42 Å². The number of halogens is 1. The van der Waals surface area contributed by atoms with Crippen LogP contribution in [0.3, 0.4) is 0 Å². The molecule has 0 aromatic heterocycles. The third kappa shape index (κ3) is 4.44. The van der Waals surface area contributed by atoms with E-state index in [1.165, 1.54) is 31.2 Å². The van der Waals surface area contributed by atoms with Crippen molar-refractivity contribution in [2.75, 3.05) is 4.72 Å². The summed E-state index contributed by atoms with van der Waals surface area (Å²) in [5.74, 6) is -0.177. The number of nitrogens with one attached hydrogen (secondary N) is 1. The molecule has 0 heterocycles. The Hall–Kier alpha value is -2.11. The van der Waals surface area contributed by atoms with Crippen LogP contribution in [0.1, 0.15) is 22.8 Å². The zero-order valence-corrected chi connectivity index (χ0v) is 13.4. The van der Waals surface area contributed by atoms with Crippen LogP contribution in [0.15, 0.2) is 53.9 Å². The molecule has 1 N–H and O–H groups in total. The molecule has 0 spiro atoms. The van der Waals surface area contributed by atoms with Crippen LogP contribution >= 0.6 is 11.6 Å². The minimum Gasteiger partial charge on any atom is -0.294 e. The Morgan fingerprint density at radius 3 is 2.41 bits per heavy atom. The normalized spacial score (nSPS) is 11.5. The van der Waals surface area contributed by atoms with E-state index in [9.17, 15) is 13.2 Å². The van der Waals surface area contributed by atoms with Crippen LogP contribution in [0.5, 0.6) is 0 Å². The Kier molecular flexibility index (Phi) is 5.00.